The lowest BCUT2D eigenvalue weighted by atomic mass is 10.0. The van der Waals surface area contributed by atoms with Crippen molar-refractivity contribution in [3.63, 3.8) is 0 Å². The summed E-state index contributed by atoms with van der Waals surface area (Å²) in [5, 5.41) is 2.90. The lowest BCUT2D eigenvalue weighted by Gasteiger charge is -2.21. The molecule has 0 spiro atoms. The zero-order chi connectivity index (χ0) is 13.2. The standard InChI is InChI=1S/C13H16N2O3S/c14-9-5-11-12(18-7-17-11)6-10(9)15-13(16)8-1-3-19-4-2-8/h5-6,8H,1-4,7,14H2,(H,15,16). The van der Waals surface area contributed by atoms with Gasteiger partial charge in [-0.1, -0.05) is 0 Å². The minimum absolute atomic E-state index is 0.0471. The molecule has 1 amide bonds. The van der Waals surface area contributed by atoms with E-state index in [9.17, 15) is 4.79 Å². The number of nitrogens with one attached hydrogen (secondary N) is 1. The van der Waals surface area contributed by atoms with Gasteiger partial charge in [-0.15, -0.1) is 0 Å². The number of rotatable bonds is 2. The van der Waals surface area contributed by atoms with Crippen LogP contribution in [0.2, 0.25) is 0 Å². The van der Waals surface area contributed by atoms with Crippen LogP contribution in [0, 0.1) is 5.92 Å². The summed E-state index contributed by atoms with van der Waals surface area (Å²) in [5.41, 5.74) is 7.02. The van der Waals surface area contributed by atoms with Crippen LogP contribution in [0.5, 0.6) is 11.5 Å². The van der Waals surface area contributed by atoms with Gasteiger partial charge in [0.15, 0.2) is 11.5 Å². The van der Waals surface area contributed by atoms with Crippen LogP contribution >= 0.6 is 11.8 Å². The zero-order valence-electron chi connectivity index (χ0n) is 10.5. The van der Waals surface area contributed by atoms with Gasteiger partial charge in [-0.05, 0) is 24.3 Å². The molecule has 2 aliphatic heterocycles. The lowest BCUT2D eigenvalue weighted by Crippen LogP contribution is -2.26. The van der Waals surface area contributed by atoms with E-state index in [-0.39, 0.29) is 18.6 Å². The fourth-order valence-electron chi connectivity index (χ4n) is 2.26. The normalized spacial score (nSPS) is 18.3. The average molecular weight is 280 g/mol. The number of benzene rings is 1. The van der Waals surface area contributed by atoms with Crippen LogP contribution < -0.4 is 20.5 Å². The fourth-order valence-corrected chi connectivity index (χ4v) is 3.37. The van der Waals surface area contributed by atoms with E-state index in [1.807, 2.05) is 11.8 Å². The highest BCUT2D eigenvalue weighted by Gasteiger charge is 2.23. The summed E-state index contributed by atoms with van der Waals surface area (Å²) in [6.45, 7) is 0.200. The number of nitrogens with two attached hydrogens (primary N) is 1. The van der Waals surface area contributed by atoms with Crippen molar-refractivity contribution in [2.75, 3.05) is 29.3 Å². The van der Waals surface area contributed by atoms with Crippen molar-refractivity contribution >= 4 is 29.0 Å². The molecule has 0 saturated carbocycles. The smallest absolute Gasteiger partial charge is 0.231 e. The van der Waals surface area contributed by atoms with Gasteiger partial charge >= 0.3 is 0 Å². The molecule has 0 bridgehead atoms. The molecular weight excluding hydrogens is 264 g/mol. The highest BCUT2D eigenvalue weighted by Crippen LogP contribution is 2.38. The number of anilines is 2. The molecule has 102 valence electrons. The first-order chi connectivity index (χ1) is 9.24. The van der Waals surface area contributed by atoms with E-state index in [0.717, 1.165) is 24.3 Å². The van der Waals surface area contributed by atoms with Gasteiger partial charge in [0.25, 0.3) is 0 Å². The van der Waals surface area contributed by atoms with E-state index in [2.05, 4.69) is 5.32 Å². The van der Waals surface area contributed by atoms with Gasteiger partial charge in [0, 0.05) is 18.1 Å². The molecule has 0 unspecified atom stereocenters. The topological polar surface area (TPSA) is 73.6 Å². The Balaban J connectivity index is 1.74. The second-order valence-corrected chi connectivity index (χ2v) is 5.89. The van der Waals surface area contributed by atoms with E-state index < -0.39 is 0 Å². The summed E-state index contributed by atoms with van der Waals surface area (Å²) >= 11 is 1.90. The van der Waals surface area contributed by atoms with Crippen molar-refractivity contribution in [3.05, 3.63) is 12.1 Å². The Hall–Kier alpha value is -1.56. The largest absolute Gasteiger partial charge is 0.454 e. The Morgan fingerprint density at radius 1 is 1.26 bits per heavy atom. The first-order valence-corrected chi connectivity index (χ1v) is 7.47. The maximum absolute atomic E-state index is 12.2. The highest BCUT2D eigenvalue weighted by atomic mass is 32.2. The molecule has 0 aromatic heterocycles. The summed E-state index contributed by atoms with van der Waals surface area (Å²) in [6, 6.07) is 3.42. The molecule has 0 radical (unpaired) electrons. The van der Waals surface area contributed by atoms with Crippen LogP contribution in [0.25, 0.3) is 0 Å². The monoisotopic (exact) mass is 280 g/mol. The first kappa shape index (κ1) is 12.5. The van der Waals surface area contributed by atoms with Crippen LogP contribution in [-0.2, 0) is 4.79 Å². The second-order valence-electron chi connectivity index (χ2n) is 4.67. The third-order valence-corrected chi connectivity index (χ3v) is 4.44. The molecule has 1 saturated heterocycles. The van der Waals surface area contributed by atoms with Gasteiger partial charge in [-0.25, -0.2) is 0 Å². The number of hydrogen-bond acceptors (Lipinski definition) is 5. The maximum Gasteiger partial charge on any atom is 0.231 e. The van der Waals surface area contributed by atoms with Crippen molar-refractivity contribution in [2.45, 2.75) is 12.8 Å². The Bertz CT molecular complexity index is 501. The summed E-state index contributed by atoms with van der Waals surface area (Å²) in [6.07, 6.45) is 1.86. The average Bonchev–Trinajstić information content (AvgIpc) is 2.87. The van der Waals surface area contributed by atoms with Crippen LogP contribution in [0.15, 0.2) is 12.1 Å². The Morgan fingerprint density at radius 2 is 1.95 bits per heavy atom. The van der Waals surface area contributed by atoms with Gasteiger partial charge in [0.2, 0.25) is 12.7 Å². The van der Waals surface area contributed by atoms with Crippen molar-refractivity contribution in [1.29, 1.82) is 0 Å². The highest BCUT2D eigenvalue weighted by molar-refractivity contribution is 7.99. The minimum atomic E-state index is 0.0471. The predicted molar refractivity (Wildman–Crippen MR) is 75.7 cm³/mol. The number of hydrogen-bond donors (Lipinski definition) is 2. The number of fused-ring (bicyclic) bond motifs is 1. The number of carbonyl (C=O) groups is 1. The van der Waals surface area contributed by atoms with Crippen molar-refractivity contribution in [1.82, 2.24) is 0 Å². The van der Waals surface area contributed by atoms with E-state index in [4.69, 9.17) is 15.2 Å². The molecule has 5 nitrogen and oxygen atoms in total. The van der Waals surface area contributed by atoms with Gasteiger partial charge in [0.05, 0.1) is 11.4 Å². The van der Waals surface area contributed by atoms with Crippen LogP contribution in [0.3, 0.4) is 0 Å². The van der Waals surface area contributed by atoms with Crippen LogP contribution in [-0.4, -0.2) is 24.2 Å². The molecule has 3 rings (SSSR count). The fraction of sp³-hybridized carbons (Fsp3) is 0.462. The summed E-state index contributed by atoms with van der Waals surface area (Å²) in [7, 11) is 0. The molecule has 2 heterocycles. The molecule has 0 aliphatic carbocycles. The van der Waals surface area contributed by atoms with Gasteiger partial charge in [-0.2, -0.15) is 11.8 Å². The molecular formula is C13H16N2O3S. The van der Waals surface area contributed by atoms with Crippen molar-refractivity contribution < 1.29 is 14.3 Å². The molecule has 19 heavy (non-hydrogen) atoms. The molecule has 6 heteroatoms. The molecule has 0 atom stereocenters. The molecule has 1 aromatic carbocycles. The minimum Gasteiger partial charge on any atom is -0.454 e. The third kappa shape index (κ3) is 2.58. The van der Waals surface area contributed by atoms with E-state index in [1.54, 1.807) is 12.1 Å². The third-order valence-electron chi connectivity index (χ3n) is 3.39. The van der Waals surface area contributed by atoms with Crippen molar-refractivity contribution in [3.8, 4) is 11.5 Å². The number of nitrogen functional groups attached to an aromatic ring is 1. The van der Waals surface area contributed by atoms with E-state index in [1.165, 1.54) is 0 Å². The van der Waals surface area contributed by atoms with Crippen LogP contribution in [0.1, 0.15) is 12.8 Å². The SMILES string of the molecule is Nc1cc2c(cc1NC(=O)C1CCSCC1)OCO2. The summed E-state index contributed by atoms with van der Waals surface area (Å²) < 4.78 is 10.5. The zero-order valence-corrected chi connectivity index (χ0v) is 11.3. The number of carbonyl (C=O) groups excluding carboxylic acids is 1. The number of amides is 1. The van der Waals surface area contributed by atoms with Crippen LogP contribution in [0.4, 0.5) is 11.4 Å². The second kappa shape index (κ2) is 5.21. The van der Waals surface area contributed by atoms with Gasteiger partial charge in [0.1, 0.15) is 0 Å². The quantitative estimate of drug-likeness (QED) is 0.811. The Labute approximate surface area is 115 Å². The first-order valence-electron chi connectivity index (χ1n) is 6.32. The summed E-state index contributed by atoms with van der Waals surface area (Å²) in [4.78, 5) is 12.2. The van der Waals surface area contributed by atoms with E-state index in [0.29, 0.717) is 22.9 Å². The van der Waals surface area contributed by atoms with E-state index >= 15 is 0 Å². The molecule has 1 fully saturated rings. The maximum atomic E-state index is 12.2. The Kier molecular flexibility index (Phi) is 3.42. The number of thioether (sulfide) groups is 1. The van der Waals surface area contributed by atoms with Gasteiger partial charge < -0.3 is 20.5 Å². The molecule has 3 N–H and O–H groups in total. The molecule has 2 aliphatic rings. The van der Waals surface area contributed by atoms with Gasteiger partial charge in [-0.3, -0.25) is 4.79 Å². The van der Waals surface area contributed by atoms with Crippen molar-refractivity contribution in [2.24, 2.45) is 5.92 Å². The summed E-state index contributed by atoms with van der Waals surface area (Å²) in [5.74, 6) is 3.49. The number of ether oxygens (including phenoxy) is 2. The predicted octanol–water partition coefficient (Wildman–Crippen LogP) is 2.08. The lowest BCUT2D eigenvalue weighted by molar-refractivity contribution is -0.120. The Morgan fingerprint density at radius 3 is 2.68 bits per heavy atom. The molecule has 1 aromatic rings.